The number of amides is 2. The summed E-state index contributed by atoms with van der Waals surface area (Å²) in [5, 5.41) is 5.42. The fourth-order valence-corrected chi connectivity index (χ4v) is 3.20. The molecule has 0 spiro atoms. The minimum absolute atomic E-state index is 0.197. The molecule has 0 saturated carbocycles. The minimum atomic E-state index is -0.549. The number of rotatable bonds is 6. The average Bonchev–Trinajstić information content (AvgIpc) is 3.12. The fourth-order valence-electron chi connectivity index (χ4n) is 3.20. The number of benzene rings is 1. The van der Waals surface area contributed by atoms with Crippen LogP contribution < -0.4 is 10.6 Å². The second-order valence-corrected chi connectivity index (χ2v) is 6.33. The van der Waals surface area contributed by atoms with E-state index in [1.54, 1.807) is 34.9 Å². The molecule has 0 atom stereocenters. The molecule has 0 fully saturated rings. The van der Waals surface area contributed by atoms with Gasteiger partial charge >= 0.3 is 5.97 Å². The van der Waals surface area contributed by atoms with Gasteiger partial charge in [0.25, 0.3) is 11.8 Å². The first-order chi connectivity index (χ1) is 13.6. The van der Waals surface area contributed by atoms with Crippen molar-refractivity contribution in [1.29, 1.82) is 0 Å². The fraction of sp³-hybridized carbons (Fsp3) is 0.300. The number of nitrogens with zero attached hydrogens (tertiary/aromatic N) is 2. The highest BCUT2D eigenvalue weighted by atomic mass is 16.5. The molecule has 2 amide bonds. The second kappa shape index (κ2) is 8.51. The van der Waals surface area contributed by atoms with Crippen LogP contribution in [-0.4, -0.2) is 41.0 Å². The summed E-state index contributed by atoms with van der Waals surface area (Å²) in [7, 11) is 1.28. The molecule has 0 bridgehead atoms. The lowest BCUT2D eigenvalue weighted by atomic mass is 10.1. The lowest BCUT2D eigenvalue weighted by Crippen LogP contribution is -2.28. The molecule has 2 heterocycles. The second-order valence-electron chi connectivity index (χ2n) is 6.33. The summed E-state index contributed by atoms with van der Waals surface area (Å²) in [4.78, 5) is 41.6. The number of carbonyl (C=O) groups excluding carboxylic acids is 3. The van der Waals surface area contributed by atoms with E-state index >= 15 is 0 Å². The van der Waals surface area contributed by atoms with Gasteiger partial charge in [0.05, 0.1) is 24.1 Å². The van der Waals surface area contributed by atoms with Gasteiger partial charge in [0, 0.05) is 13.1 Å². The van der Waals surface area contributed by atoms with Crippen LogP contribution in [0.1, 0.15) is 50.0 Å². The third-order valence-corrected chi connectivity index (χ3v) is 4.52. The maximum Gasteiger partial charge on any atom is 0.339 e. The number of para-hydroxylation sites is 1. The first kappa shape index (κ1) is 19.3. The Labute approximate surface area is 162 Å². The molecule has 1 aromatic carbocycles. The topological polar surface area (TPSA) is 102 Å². The van der Waals surface area contributed by atoms with Gasteiger partial charge in [0.15, 0.2) is 11.5 Å². The van der Waals surface area contributed by atoms with Crippen LogP contribution in [0.25, 0.3) is 0 Å². The number of aromatic nitrogens is 2. The maximum atomic E-state index is 12.9. The summed E-state index contributed by atoms with van der Waals surface area (Å²) in [6.07, 6.45) is 4.06. The van der Waals surface area contributed by atoms with Crippen LogP contribution in [0, 0.1) is 0 Å². The number of nitrogens with one attached hydrogen (secondary N) is 2. The zero-order valence-corrected chi connectivity index (χ0v) is 15.7. The van der Waals surface area contributed by atoms with Gasteiger partial charge in [0.1, 0.15) is 0 Å². The number of hydrogen-bond donors (Lipinski definition) is 2. The molecule has 1 aromatic heterocycles. The summed E-state index contributed by atoms with van der Waals surface area (Å²) < 4.78 is 6.55. The van der Waals surface area contributed by atoms with E-state index in [1.807, 2.05) is 0 Å². The van der Waals surface area contributed by atoms with Crippen molar-refractivity contribution in [3.8, 4) is 0 Å². The van der Waals surface area contributed by atoms with Gasteiger partial charge in [-0.25, -0.2) is 9.78 Å². The van der Waals surface area contributed by atoms with Crippen molar-refractivity contribution in [3.05, 3.63) is 59.7 Å². The first-order valence-corrected chi connectivity index (χ1v) is 9.04. The van der Waals surface area contributed by atoms with E-state index in [4.69, 9.17) is 4.74 Å². The smallest absolute Gasteiger partial charge is 0.339 e. The number of anilines is 1. The van der Waals surface area contributed by atoms with Crippen molar-refractivity contribution >= 4 is 23.5 Å². The molecule has 3 rings (SSSR count). The van der Waals surface area contributed by atoms with Crippen molar-refractivity contribution in [2.24, 2.45) is 0 Å². The van der Waals surface area contributed by atoms with Gasteiger partial charge in [-0.05, 0) is 31.4 Å². The van der Waals surface area contributed by atoms with E-state index in [1.165, 1.54) is 7.11 Å². The summed E-state index contributed by atoms with van der Waals surface area (Å²) >= 11 is 0. The molecule has 2 N–H and O–H groups in total. The number of imidazole rings is 1. The number of esters is 1. The molecule has 0 saturated heterocycles. The van der Waals surface area contributed by atoms with Crippen LogP contribution >= 0.6 is 0 Å². The molecule has 8 nitrogen and oxygen atoms in total. The SMILES string of the molecule is C=CCNC(=O)c1nc(C(=O)Nc2ccccc2C(=O)OC)c2n1CCCC2. The Morgan fingerprint density at radius 3 is 2.79 bits per heavy atom. The predicted octanol–water partition coefficient (Wildman–Crippen LogP) is 2.17. The van der Waals surface area contributed by atoms with E-state index in [0.717, 1.165) is 18.5 Å². The number of ether oxygens (including phenoxy) is 1. The molecule has 2 aromatic rings. The Morgan fingerprint density at radius 2 is 2.04 bits per heavy atom. The molecule has 0 unspecified atom stereocenters. The number of fused-ring (bicyclic) bond motifs is 1. The average molecular weight is 382 g/mol. The van der Waals surface area contributed by atoms with Crippen LogP contribution in [0.2, 0.25) is 0 Å². The molecule has 1 aliphatic rings. The van der Waals surface area contributed by atoms with Crippen molar-refractivity contribution in [2.75, 3.05) is 19.0 Å². The maximum absolute atomic E-state index is 12.9. The lowest BCUT2D eigenvalue weighted by molar-refractivity contribution is 0.0601. The molecular weight excluding hydrogens is 360 g/mol. The van der Waals surface area contributed by atoms with Crippen LogP contribution in [0.5, 0.6) is 0 Å². The van der Waals surface area contributed by atoms with Crippen LogP contribution in [0.3, 0.4) is 0 Å². The Morgan fingerprint density at radius 1 is 1.25 bits per heavy atom. The Hall–Kier alpha value is -3.42. The third kappa shape index (κ3) is 3.80. The first-order valence-electron chi connectivity index (χ1n) is 9.04. The zero-order chi connectivity index (χ0) is 20.1. The normalized spacial score (nSPS) is 12.6. The zero-order valence-electron chi connectivity index (χ0n) is 15.7. The third-order valence-electron chi connectivity index (χ3n) is 4.52. The highest BCUT2D eigenvalue weighted by Gasteiger charge is 2.28. The highest BCUT2D eigenvalue weighted by Crippen LogP contribution is 2.23. The Bertz CT molecular complexity index is 932. The van der Waals surface area contributed by atoms with E-state index in [2.05, 4.69) is 22.2 Å². The van der Waals surface area contributed by atoms with Crippen LogP contribution in [0.4, 0.5) is 5.69 Å². The summed E-state index contributed by atoms with van der Waals surface area (Å²) in [5.41, 5.74) is 1.50. The van der Waals surface area contributed by atoms with E-state index in [9.17, 15) is 14.4 Å². The standard InChI is InChI=1S/C20H22N4O4/c1-3-11-21-19(26)17-23-16(15-10-6-7-12-24(15)17)18(25)22-14-9-5-4-8-13(14)20(27)28-2/h3-5,8-9H,1,6-7,10-12H2,2H3,(H,21,26)(H,22,25). The minimum Gasteiger partial charge on any atom is -0.465 e. The molecule has 0 radical (unpaired) electrons. The van der Waals surface area contributed by atoms with Crippen molar-refractivity contribution < 1.29 is 19.1 Å². The van der Waals surface area contributed by atoms with Gasteiger partial charge in [-0.2, -0.15) is 0 Å². The highest BCUT2D eigenvalue weighted by molar-refractivity contribution is 6.08. The van der Waals surface area contributed by atoms with Crippen molar-refractivity contribution in [2.45, 2.75) is 25.8 Å². The van der Waals surface area contributed by atoms with Gasteiger partial charge in [-0.3, -0.25) is 9.59 Å². The summed E-state index contributed by atoms with van der Waals surface area (Å²) in [6, 6.07) is 6.57. The monoisotopic (exact) mass is 382 g/mol. The van der Waals surface area contributed by atoms with Gasteiger partial charge in [0.2, 0.25) is 0 Å². The summed E-state index contributed by atoms with van der Waals surface area (Å²) in [5.74, 6) is -1.16. The number of methoxy groups -OCH3 is 1. The predicted molar refractivity (Wildman–Crippen MR) is 103 cm³/mol. The van der Waals surface area contributed by atoms with Gasteiger partial charge < -0.3 is 19.9 Å². The van der Waals surface area contributed by atoms with Crippen LogP contribution in [0.15, 0.2) is 36.9 Å². The molecule has 8 heteroatoms. The van der Waals surface area contributed by atoms with Gasteiger partial charge in [-0.15, -0.1) is 6.58 Å². The molecule has 0 aliphatic carbocycles. The Balaban J connectivity index is 1.93. The quantitative estimate of drug-likeness (QED) is 0.589. The van der Waals surface area contributed by atoms with Crippen LogP contribution in [-0.2, 0) is 17.7 Å². The van der Waals surface area contributed by atoms with Gasteiger partial charge in [-0.1, -0.05) is 18.2 Å². The number of hydrogen-bond acceptors (Lipinski definition) is 5. The molecule has 1 aliphatic heterocycles. The molecular formula is C20H22N4O4. The Kier molecular flexibility index (Phi) is 5.88. The van der Waals surface area contributed by atoms with E-state index in [0.29, 0.717) is 25.2 Å². The largest absolute Gasteiger partial charge is 0.465 e. The number of carbonyl (C=O) groups is 3. The van der Waals surface area contributed by atoms with Crippen molar-refractivity contribution in [3.63, 3.8) is 0 Å². The lowest BCUT2D eigenvalue weighted by Gasteiger charge is -2.17. The van der Waals surface area contributed by atoms with E-state index in [-0.39, 0.29) is 23.0 Å². The van der Waals surface area contributed by atoms with E-state index < -0.39 is 11.9 Å². The molecule has 146 valence electrons. The molecule has 28 heavy (non-hydrogen) atoms. The van der Waals surface area contributed by atoms with Crippen molar-refractivity contribution in [1.82, 2.24) is 14.9 Å². The summed E-state index contributed by atoms with van der Waals surface area (Å²) in [6.45, 7) is 4.52.